The number of para-hydroxylation sites is 1. The molecule has 3 N–H and O–H groups in total. The SMILES string of the molecule is O=C(O)c1ccc(OCCCc2ccc(OCCCCOc3ccccc3)cc2)c(C(=O)N[C@@H]2CCCC[C@@H]2C(=O)O)c1. The average molecular weight is 590 g/mol. The highest BCUT2D eigenvalue weighted by molar-refractivity contribution is 6.00. The van der Waals surface area contributed by atoms with Gasteiger partial charge in [0.05, 0.1) is 36.9 Å². The molecule has 4 rings (SSSR count). The summed E-state index contributed by atoms with van der Waals surface area (Å²) < 4.78 is 17.4. The average Bonchev–Trinajstić information content (AvgIpc) is 3.02. The van der Waals surface area contributed by atoms with E-state index < -0.39 is 29.8 Å². The predicted molar refractivity (Wildman–Crippen MR) is 161 cm³/mol. The minimum atomic E-state index is -1.16. The molecular weight excluding hydrogens is 550 g/mol. The lowest BCUT2D eigenvalue weighted by atomic mass is 9.84. The number of carbonyl (C=O) groups is 3. The van der Waals surface area contributed by atoms with Gasteiger partial charge in [0.1, 0.15) is 17.2 Å². The quantitative estimate of drug-likeness (QED) is 0.173. The molecule has 228 valence electrons. The van der Waals surface area contributed by atoms with Crippen molar-refractivity contribution in [3.63, 3.8) is 0 Å². The molecule has 0 unspecified atom stereocenters. The van der Waals surface area contributed by atoms with Crippen LogP contribution in [0.3, 0.4) is 0 Å². The Hall–Kier alpha value is -4.53. The molecule has 3 aromatic rings. The van der Waals surface area contributed by atoms with Crippen LogP contribution in [-0.2, 0) is 11.2 Å². The van der Waals surface area contributed by atoms with Crippen molar-refractivity contribution in [3.8, 4) is 17.2 Å². The summed E-state index contributed by atoms with van der Waals surface area (Å²) in [6.45, 7) is 1.58. The van der Waals surface area contributed by atoms with E-state index in [4.69, 9.17) is 14.2 Å². The number of aryl methyl sites for hydroxylation is 1. The molecule has 1 aliphatic rings. The van der Waals surface area contributed by atoms with Gasteiger partial charge in [0.15, 0.2) is 0 Å². The number of hydrogen-bond acceptors (Lipinski definition) is 6. The molecule has 1 fully saturated rings. The molecule has 1 aliphatic carbocycles. The van der Waals surface area contributed by atoms with Crippen LogP contribution in [0.15, 0.2) is 72.8 Å². The Morgan fingerprint density at radius 1 is 0.744 bits per heavy atom. The normalized spacial score (nSPS) is 16.2. The van der Waals surface area contributed by atoms with Gasteiger partial charge in [0, 0.05) is 6.04 Å². The van der Waals surface area contributed by atoms with E-state index in [0.29, 0.717) is 39.1 Å². The third-order valence-corrected chi connectivity index (χ3v) is 7.48. The second-order valence-corrected chi connectivity index (χ2v) is 10.6. The lowest BCUT2D eigenvalue weighted by molar-refractivity contribution is -0.143. The van der Waals surface area contributed by atoms with Gasteiger partial charge < -0.3 is 29.7 Å². The van der Waals surface area contributed by atoms with E-state index in [2.05, 4.69) is 5.32 Å². The summed E-state index contributed by atoms with van der Waals surface area (Å²) in [5, 5.41) is 21.8. The van der Waals surface area contributed by atoms with Crippen molar-refractivity contribution in [2.24, 2.45) is 5.92 Å². The number of aliphatic carboxylic acids is 1. The molecule has 1 amide bonds. The molecular formula is C34H39NO8. The van der Waals surface area contributed by atoms with Gasteiger partial charge in [-0.25, -0.2) is 4.79 Å². The zero-order valence-electron chi connectivity index (χ0n) is 24.2. The highest BCUT2D eigenvalue weighted by atomic mass is 16.5. The molecule has 0 aromatic heterocycles. The molecule has 1 saturated carbocycles. The standard InChI is InChI=1S/C34H39NO8/c36-32(35-30-13-5-4-12-28(30)34(39)40)29-23-25(33(37)38)16-19-31(29)43-22-8-9-24-14-17-27(18-15-24)42-21-7-6-20-41-26-10-2-1-3-11-26/h1-3,10-11,14-19,23,28,30H,4-9,12-13,20-22H2,(H,35,36)(H,37,38)(H,39,40)/t28-,30+/m0/s1. The topological polar surface area (TPSA) is 131 Å². The second kappa shape index (κ2) is 16.2. The van der Waals surface area contributed by atoms with Crippen molar-refractivity contribution in [1.29, 1.82) is 0 Å². The van der Waals surface area contributed by atoms with Crippen molar-refractivity contribution in [1.82, 2.24) is 5.32 Å². The first-order valence-corrected chi connectivity index (χ1v) is 14.8. The number of aromatic carboxylic acids is 1. The highest BCUT2D eigenvalue weighted by Gasteiger charge is 2.32. The maximum Gasteiger partial charge on any atom is 0.335 e. The van der Waals surface area contributed by atoms with Gasteiger partial charge in [0.25, 0.3) is 5.91 Å². The lowest BCUT2D eigenvalue weighted by Crippen LogP contribution is -2.45. The number of carboxylic acids is 2. The van der Waals surface area contributed by atoms with E-state index >= 15 is 0 Å². The van der Waals surface area contributed by atoms with Crippen LogP contribution < -0.4 is 19.5 Å². The molecule has 43 heavy (non-hydrogen) atoms. The van der Waals surface area contributed by atoms with E-state index in [1.807, 2.05) is 54.6 Å². The molecule has 9 heteroatoms. The third-order valence-electron chi connectivity index (χ3n) is 7.48. The number of benzene rings is 3. The molecule has 0 heterocycles. The molecule has 0 radical (unpaired) electrons. The molecule has 2 atom stereocenters. The van der Waals surface area contributed by atoms with Gasteiger partial charge in [-0.3, -0.25) is 9.59 Å². The first-order chi connectivity index (χ1) is 20.9. The van der Waals surface area contributed by atoms with E-state index in [-0.39, 0.29) is 16.9 Å². The Morgan fingerprint density at radius 2 is 1.40 bits per heavy atom. The third kappa shape index (κ3) is 9.77. The number of carbonyl (C=O) groups excluding carboxylic acids is 1. The van der Waals surface area contributed by atoms with Crippen LogP contribution in [-0.4, -0.2) is 53.9 Å². The summed E-state index contributed by atoms with van der Waals surface area (Å²) in [6.07, 6.45) is 5.89. The van der Waals surface area contributed by atoms with Gasteiger partial charge in [-0.15, -0.1) is 0 Å². The minimum Gasteiger partial charge on any atom is -0.494 e. The summed E-state index contributed by atoms with van der Waals surface area (Å²) in [5.74, 6) is -1.35. The smallest absolute Gasteiger partial charge is 0.335 e. The van der Waals surface area contributed by atoms with Crippen LogP contribution in [0.25, 0.3) is 0 Å². The monoisotopic (exact) mass is 589 g/mol. The Labute approximate surface area is 251 Å². The number of carboxylic acid groups (broad SMARTS) is 2. The Kier molecular flexibility index (Phi) is 11.8. The summed E-state index contributed by atoms with van der Waals surface area (Å²) >= 11 is 0. The van der Waals surface area contributed by atoms with Crippen LogP contribution in [0.4, 0.5) is 0 Å². The van der Waals surface area contributed by atoms with Crippen LogP contribution in [0.5, 0.6) is 17.2 Å². The fraction of sp³-hybridized carbons (Fsp3) is 0.382. The Bertz CT molecular complexity index is 1340. The first kappa shape index (κ1) is 31.4. The summed E-state index contributed by atoms with van der Waals surface area (Å²) in [5.41, 5.74) is 1.16. The first-order valence-electron chi connectivity index (χ1n) is 14.8. The zero-order chi connectivity index (χ0) is 30.4. The molecule has 0 spiro atoms. The number of unbranched alkanes of at least 4 members (excludes halogenated alkanes) is 1. The maximum atomic E-state index is 13.2. The fourth-order valence-electron chi connectivity index (χ4n) is 5.12. The van der Waals surface area contributed by atoms with Crippen molar-refractivity contribution < 1.29 is 38.8 Å². The minimum absolute atomic E-state index is 0.0428. The zero-order valence-corrected chi connectivity index (χ0v) is 24.2. The number of rotatable bonds is 16. The van der Waals surface area contributed by atoms with Crippen molar-refractivity contribution in [3.05, 3.63) is 89.5 Å². The molecule has 9 nitrogen and oxygen atoms in total. The molecule has 0 bridgehead atoms. The van der Waals surface area contributed by atoms with Gasteiger partial charge in [0.2, 0.25) is 0 Å². The Balaban J connectivity index is 1.22. The van der Waals surface area contributed by atoms with Crippen LogP contribution in [0.1, 0.15) is 71.2 Å². The van der Waals surface area contributed by atoms with Gasteiger partial charge in [-0.05, 0) is 86.6 Å². The van der Waals surface area contributed by atoms with Gasteiger partial charge in [-0.1, -0.05) is 43.2 Å². The lowest BCUT2D eigenvalue weighted by Gasteiger charge is -2.29. The number of nitrogens with one attached hydrogen (secondary N) is 1. The van der Waals surface area contributed by atoms with Crippen molar-refractivity contribution >= 4 is 17.8 Å². The van der Waals surface area contributed by atoms with E-state index in [1.165, 1.54) is 18.2 Å². The molecule has 3 aromatic carbocycles. The summed E-state index contributed by atoms with van der Waals surface area (Å²) in [4.78, 5) is 36.4. The number of hydrogen-bond donors (Lipinski definition) is 3. The largest absolute Gasteiger partial charge is 0.494 e. The number of amides is 1. The van der Waals surface area contributed by atoms with Gasteiger partial charge in [-0.2, -0.15) is 0 Å². The van der Waals surface area contributed by atoms with Crippen LogP contribution >= 0.6 is 0 Å². The van der Waals surface area contributed by atoms with Crippen LogP contribution in [0, 0.1) is 5.92 Å². The van der Waals surface area contributed by atoms with Crippen molar-refractivity contribution in [2.75, 3.05) is 19.8 Å². The molecule has 0 aliphatic heterocycles. The second-order valence-electron chi connectivity index (χ2n) is 10.6. The van der Waals surface area contributed by atoms with E-state index in [0.717, 1.165) is 49.2 Å². The summed E-state index contributed by atoms with van der Waals surface area (Å²) in [6, 6.07) is 21.3. The van der Waals surface area contributed by atoms with Crippen molar-refractivity contribution in [2.45, 2.75) is 57.4 Å². The summed E-state index contributed by atoms with van der Waals surface area (Å²) in [7, 11) is 0. The van der Waals surface area contributed by atoms with Gasteiger partial charge >= 0.3 is 11.9 Å². The fourth-order valence-corrected chi connectivity index (χ4v) is 5.12. The Morgan fingerprint density at radius 3 is 2.07 bits per heavy atom. The highest BCUT2D eigenvalue weighted by Crippen LogP contribution is 2.27. The maximum absolute atomic E-state index is 13.2. The number of ether oxygens (including phenoxy) is 3. The van der Waals surface area contributed by atoms with E-state index in [1.54, 1.807) is 0 Å². The van der Waals surface area contributed by atoms with E-state index in [9.17, 15) is 24.6 Å². The molecule has 0 saturated heterocycles. The van der Waals surface area contributed by atoms with Crippen LogP contribution in [0.2, 0.25) is 0 Å². The predicted octanol–water partition coefficient (Wildman–Crippen LogP) is 6.01.